The molecule has 0 radical (unpaired) electrons. The number of rotatable bonds is 4. The molecule has 2 nitrogen and oxygen atoms in total. The van der Waals surface area contributed by atoms with Gasteiger partial charge in [0.05, 0.1) is 0 Å². The molecule has 0 aliphatic heterocycles. The molecule has 0 aliphatic rings. The molecule has 1 aromatic carbocycles. The van der Waals surface area contributed by atoms with E-state index in [9.17, 15) is 0 Å². The van der Waals surface area contributed by atoms with E-state index in [1.807, 2.05) is 18.5 Å². The minimum atomic E-state index is 0.930. The number of benzene rings is 1. The predicted molar refractivity (Wildman–Crippen MR) is 73.9 cm³/mol. The zero-order valence-corrected chi connectivity index (χ0v) is 10.4. The van der Waals surface area contributed by atoms with Crippen molar-refractivity contribution in [1.82, 2.24) is 10.3 Å². The molecule has 0 saturated carbocycles. The molecule has 1 aromatic heterocycles. The molecular weight excluding hydrogens is 208 g/mol. The van der Waals surface area contributed by atoms with Crippen LogP contribution in [0.25, 0.3) is 16.8 Å². The minimum Gasteiger partial charge on any atom is -0.313 e. The zero-order valence-electron chi connectivity index (χ0n) is 10.4. The maximum Gasteiger partial charge on any atom is 0.0346 e. The Labute approximate surface area is 102 Å². The second-order valence-corrected chi connectivity index (χ2v) is 4.22. The van der Waals surface area contributed by atoms with Crippen LogP contribution in [0.4, 0.5) is 0 Å². The number of nitrogens with zero attached hydrogens (tertiary/aromatic N) is 1. The van der Waals surface area contributed by atoms with Gasteiger partial charge in [0, 0.05) is 29.9 Å². The number of hydrogen-bond acceptors (Lipinski definition) is 2. The van der Waals surface area contributed by atoms with Crippen LogP contribution in [0.3, 0.4) is 0 Å². The van der Waals surface area contributed by atoms with E-state index in [4.69, 9.17) is 0 Å². The average molecular weight is 226 g/mol. The molecule has 0 aliphatic carbocycles. The van der Waals surface area contributed by atoms with Gasteiger partial charge >= 0.3 is 0 Å². The van der Waals surface area contributed by atoms with Gasteiger partial charge in [-0.05, 0) is 18.9 Å². The summed E-state index contributed by atoms with van der Waals surface area (Å²) in [7, 11) is 0. The van der Waals surface area contributed by atoms with Gasteiger partial charge < -0.3 is 5.32 Å². The van der Waals surface area contributed by atoms with Crippen LogP contribution < -0.4 is 5.32 Å². The molecule has 0 unspecified atom stereocenters. The largest absolute Gasteiger partial charge is 0.313 e. The van der Waals surface area contributed by atoms with Crippen molar-refractivity contribution in [1.29, 1.82) is 0 Å². The molecule has 2 aromatic rings. The molecule has 17 heavy (non-hydrogen) atoms. The maximum absolute atomic E-state index is 4.28. The van der Waals surface area contributed by atoms with E-state index in [0.717, 1.165) is 13.1 Å². The summed E-state index contributed by atoms with van der Waals surface area (Å²) in [6.45, 7) is 6.19. The van der Waals surface area contributed by atoms with Gasteiger partial charge in [-0.25, -0.2) is 0 Å². The Hall–Kier alpha value is -1.67. The lowest BCUT2D eigenvalue weighted by molar-refractivity contribution is 0.779. The Morgan fingerprint density at radius 2 is 2.12 bits per heavy atom. The molecule has 88 valence electrons. The van der Waals surface area contributed by atoms with E-state index < -0.39 is 0 Å². The Morgan fingerprint density at radius 1 is 1.29 bits per heavy atom. The molecule has 0 saturated heterocycles. The smallest absolute Gasteiger partial charge is 0.0346 e. The highest BCUT2D eigenvalue weighted by atomic mass is 14.8. The monoisotopic (exact) mass is 226 g/mol. The summed E-state index contributed by atoms with van der Waals surface area (Å²) < 4.78 is 0. The summed E-state index contributed by atoms with van der Waals surface area (Å²) in [5, 5.41) is 5.78. The summed E-state index contributed by atoms with van der Waals surface area (Å²) >= 11 is 0. The highest BCUT2D eigenvalue weighted by molar-refractivity contribution is 5.89. The second kappa shape index (κ2) is 5.60. The molecule has 1 heterocycles. The van der Waals surface area contributed by atoms with E-state index in [1.54, 1.807) is 0 Å². The van der Waals surface area contributed by atoms with E-state index in [1.165, 1.54) is 21.9 Å². The summed E-state index contributed by atoms with van der Waals surface area (Å²) in [5.74, 6) is 0. The highest BCUT2D eigenvalue weighted by Gasteiger charge is 1.98. The molecule has 0 atom stereocenters. The van der Waals surface area contributed by atoms with Crippen molar-refractivity contribution in [3.63, 3.8) is 0 Å². The molecule has 0 amide bonds. The molecular formula is C15H18N2. The molecule has 0 bridgehead atoms. The number of pyridine rings is 1. The first kappa shape index (κ1) is 11.8. The first-order chi connectivity index (χ1) is 8.31. The topological polar surface area (TPSA) is 24.9 Å². The third-order valence-corrected chi connectivity index (χ3v) is 2.75. The van der Waals surface area contributed by atoms with Crippen LogP contribution >= 0.6 is 0 Å². The fraction of sp³-hybridized carbons (Fsp3) is 0.267. The maximum atomic E-state index is 4.28. The number of likely N-dealkylation sites (N-methyl/N-ethyl adjacent to an activating group) is 1. The molecule has 0 fully saturated rings. The minimum absolute atomic E-state index is 0.930. The van der Waals surface area contributed by atoms with Crippen molar-refractivity contribution in [2.75, 3.05) is 13.1 Å². The predicted octanol–water partition coefficient (Wildman–Crippen LogP) is 3.25. The van der Waals surface area contributed by atoms with Crippen molar-refractivity contribution in [3.05, 3.63) is 47.8 Å². The van der Waals surface area contributed by atoms with Gasteiger partial charge in [0.2, 0.25) is 0 Å². The number of aromatic nitrogens is 1. The van der Waals surface area contributed by atoms with Crippen LogP contribution in [0.15, 0.2) is 42.2 Å². The Balaban J connectivity index is 2.35. The lowest BCUT2D eigenvalue weighted by Crippen LogP contribution is -2.14. The van der Waals surface area contributed by atoms with Gasteiger partial charge in [-0.15, -0.1) is 0 Å². The summed E-state index contributed by atoms with van der Waals surface area (Å²) in [5.41, 5.74) is 2.52. The Kier molecular flexibility index (Phi) is 3.89. The normalized spacial score (nSPS) is 12.0. The van der Waals surface area contributed by atoms with E-state index in [0.29, 0.717) is 0 Å². The summed E-state index contributed by atoms with van der Waals surface area (Å²) in [6, 6.07) is 8.35. The van der Waals surface area contributed by atoms with Crippen LogP contribution in [0.1, 0.15) is 19.4 Å². The van der Waals surface area contributed by atoms with Crippen LogP contribution in [0.5, 0.6) is 0 Å². The van der Waals surface area contributed by atoms with Gasteiger partial charge in [0.25, 0.3) is 0 Å². The van der Waals surface area contributed by atoms with Crippen LogP contribution in [0, 0.1) is 0 Å². The lowest BCUT2D eigenvalue weighted by Gasteiger charge is -2.04. The average Bonchev–Trinajstić information content (AvgIpc) is 2.37. The van der Waals surface area contributed by atoms with Crippen molar-refractivity contribution < 1.29 is 0 Å². The van der Waals surface area contributed by atoms with Crippen molar-refractivity contribution in [3.8, 4) is 0 Å². The fourth-order valence-electron chi connectivity index (χ4n) is 1.89. The lowest BCUT2D eigenvalue weighted by atomic mass is 10.1. The molecule has 1 N–H and O–H groups in total. The van der Waals surface area contributed by atoms with Crippen molar-refractivity contribution in [2.45, 2.75) is 13.8 Å². The van der Waals surface area contributed by atoms with E-state index in [2.05, 4.69) is 48.4 Å². The Bertz CT molecular complexity index is 524. The zero-order chi connectivity index (χ0) is 12.1. The first-order valence-corrected chi connectivity index (χ1v) is 6.02. The van der Waals surface area contributed by atoms with Crippen LogP contribution in [0.2, 0.25) is 0 Å². The Morgan fingerprint density at radius 3 is 2.94 bits per heavy atom. The van der Waals surface area contributed by atoms with Crippen molar-refractivity contribution >= 4 is 16.8 Å². The van der Waals surface area contributed by atoms with E-state index in [-0.39, 0.29) is 0 Å². The van der Waals surface area contributed by atoms with Crippen molar-refractivity contribution in [2.24, 2.45) is 0 Å². The SMILES string of the molecule is CCNC/C(C)=C/c1cncc2ccccc12. The van der Waals surface area contributed by atoms with Gasteiger partial charge in [-0.3, -0.25) is 4.98 Å². The van der Waals surface area contributed by atoms with Crippen LogP contribution in [-0.2, 0) is 0 Å². The third-order valence-electron chi connectivity index (χ3n) is 2.75. The molecule has 0 spiro atoms. The summed E-state index contributed by atoms with van der Waals surface area (Å²) in [6.07, 6.45) is 6.04. The van der Waals surface area contributed by atoms with Gasteiger partial charge in [-0.2, -0.15) is 0 Å². The molecule has 2 rings (SSSR count). The second-order valence-electron chi connectivity index (χ2n) is 4.22. The quantitative estimate of drug-likeness (QED) is 0.865. The van der Waals surface area contributed by atoms with Gasteiger partial charge in [-0.1, -0.05) is 42.8 Å². The standard InChI is InChI=1S/C15H18N2/c1-3-16-9-12(2)8-14-11-17-10-13-6-4-5-7-15(13)14/h4-8,10-11,16H,3,9H2,1-2H3/b12-8+. The molecule has 2 heteroatoms. The van der Waals surface area contributed by atoms with Gasteiger partial charge in [0.15, 0.2) is 0 Å². The first-order valence-electron chi connectivity index (χ1n) is 6.02. The number of fused-ring (bicyclic) bond motifs is 1. The highest BCUT2D eigenvalue weighted by Crippen LogP contribution is 2.19. The van der Waals surface area contributed by atoms with Crippen LogP contribution in [-0.4, -0.2) is 18.1 Å². The number of nitrogens with one attached hydrogen (secondary N) is 1. The summed E-state index contributed by atoms with van der Waals surface area (Å²) in [4.78, 5) is 4.28. The third kappa shape index (κ3) is 2.92. The van der Waals surface area contributed by atoms with E-state index >= 15 is 0 Å². The van der Waals surface area contributed by atoms with Gasteiger partial charge in [0.1, 0.15) is 0 Å². The fourth-order valence-corrected chi connectivity index (χ4v) is 1.89. The number of hydrogen-bond donors (Lipinski definition) is 1.